The van der Waals surface area contributed by atoms with Crippen molar-refractivity contribution >= 4 is 17.5 Å². The standard InChI is InChI=1S/C11H12F3N3O4/c1-6(5-11(12,13)14)15-9-8(17(19)20)4-3-7(16-9)10(18)21-2/h3-4,6H,5H2,1-2H3,(H,15,16). The highest BCUT2D eigenvalue weighted by Gasteiger charge is 2.31. The van der Waals surface area contributed by atoms with E-state index < -0.39 is 41.0 Å². The van der Waals surface area contributed by atoms with Crippen molar-refractivity contribution < 1.29 is 27.6 Å². The number of hydrogen-bond acceptors (Lipinski definition) is 6. The van der Waals surface area contributed by atoms with Gasteiger partial charge in [-0.15, -0.1) is 0 Å². The number of rotatable bonds is 5. The number of halogens is 3. The van der Waals surface area contributed by atoms with E-state index in [-0.39, 0.29) is 5.69 Å². The molecule has 0 radical (unpaired) electrons. The highest BCUT2D eigenvalue weighted by atomic mass is 19.4. The molecule has 7 nitrogen and oxygen atoms in total. The van der Waals surface area contributed by atoms with Crippen LogP contribution in [0.25, 0.3) is 0 Å². The van der Waals surface area contributed by atoms with Crippen molar-refractivity contribution in [2.75, 3.05) is 12.4 Å². The van der Waals surface area contributed by atoms with Crippen molar-refractivity contribution in [3.05, 3.63) is 27.9 Å². The Labute approximate surface area is 117 Å². The van der Waals surface area contributed by atoms with Gasteiger partial charge in [-0.3, -0.25) is 10.1 Å². The number of carbonyl (C=O) groups is 1. The zero-order valence-corrected chi connectivity index (χ0v) is 11.1. The van der Waals surface area contributed by atoms with Crippen LogP contribution in [-0.4, -0.2) is 35.2 Å². The van der Waals surface area contributed by atoms with Gasteiger partial charge < -0.3 is 10.1 Å². The van der Waals surface area contributed by atoms with Crippen LogP contribution in [0, 0.1) is 10.1 Å². The Kier molecular flexibility index (Phi) is 5.06. The first-order valence-electron chi connectivity index (χ1n) is 5.71. The van der Waals surface area contributed by atoms with E-state index >= 15 is 0 Å². The first-order chi connectivity index (χ1) is 9.64. The summed E-state index contributed by atoms with van der Waals surface area (Å²) in [5.41, 5.74) is -0.776. The van der Waals surface area contributed by atoms with E-state index in [1.165, 1.54) is 6.92 Å². The van der Waals surface area contributed by atoms with Crippen molar-refractivity contribution in [1.82, 2.24) is 4.98 Å². The van der Waals surface area contributed by atoms with Crippen molar-refractivity contribution in [2.24, 2.45) is 0 Å². The topological polar surface area (TPSA) is 94.4 Å². The molecule has 1 unspecified atom stereocenters. The van der Waals surface area contributed by atoms with Crippen LogP contribution in [0.5, 0.6) is 0 Å². The van der Waals surface area contributed by atoms with Gasteiger partial charge in [0.05, 0.1) is 18.5 Å². The van der Waals surface area contributed by atoms with Crippen LogP contribution in [0.3, 0.4) is 0 Å². The van der Waals surface area contributed by atoms with Crippen molar-refractivity contribution in [3.8, 4) is 0 Å². The van der Waals surface area contributed by atoms with Crippen LogP contribution in [0.4, 0.5) is 24.7 Å². The summed E-state index contributed by atoms with van der Waals surface area (Å²) in [6.45, 7) is 1.20. The second-order valence-electron chi connectivity index (χ2n) is 4.18. The highest BCUT2D eigenvalue weighted by Crippen LogP contribution is 2.27. The largest absolute Gasteiger partial charge is 0.464 e. The minimum atomic E-state index is -4.43. The summed E-state index contributed by atoms with van der Waals surface area (Å²) in [5, 5.41) is 13.1. The Hall–Kier alpha value is -2.39. The smallest absolute Gasteiger partial charge is 0.391 e. The summed E-state index contributed by atoms with van der Waals surface area (Å²) in [5.74, 6) is -1.27. The molecule has 1 rings (SSSR count). The molecule has 21 heavy (non-hydrogen) atoms. The maximum absolute atomic E-state index is 12.3. The SMILES string of the molecule is COC(=O)c1ccc([N+](=O)[O-])c(NC(C)CC(F)(F)F)n1. The number of anilines is 1. The summed E-state index contributed by atoms with van der Waals surface area (Å²) in [6, 6.07) is 0.884. The van der Waals surface area contributed by atoms with Crippen LogP contribution >= 0.6 is 0 Å². The lowest BCUT2D eigenvalue weighted by Crippen LogP contribution is -2.25. The quantitative estimate of drug-likeness (QED) is 0.510. The lowest BCUT2D eigenvalue weighted by molar-refractivity contribution is -0.384. The molecule has 0 aromatic carbocycles. The number of nitrogens with one attached hydrogen (secondary N) is 1. The minimum Gasteiger partial charge on any atom is -0.464 e. The van der Waals surface area contributed by atoms with E-state index in [1.807, 2.05) is 0 Å². The molecule has 0 aliphatic rings. The van der Waals surface area contributed by atoms with Gasteiger partial charge in [0, 0.05) is 12.1 Å². The summed E-state index contributed by atoms with van der Waals surface area (Å²) in [4.78, 5) is 25.0. The van der Waals surface area contributed by atoms with Crippen LogP contribution in [0.2, 0.25) is 0 Å². The lowest BCUT2D eigenvalue weighted by Gasteiger charge is -2.16. The first kappa shape index (κ1) is 16.7. The second-order valence-corrected chi connectivity index (χ2v) is 4.18. The van der Waals surface area contributed by atoms with Gasteiger partial charge in [0.2, 0.25) is 5.82 Å². The molecule has 0 saturated heterocycles. The third-order valence-corrected chi connectivity index (χ3v) is 2.39. The second kappa shape index (κ2) is 6.37. The van der Waals surface area contributed by atoms with E-state index in [2.05, 4.69) is 15.0 Å². The average Bonchev–Trinajstić information content (AvgIpc) is 2.34. The molecule has 1 heterocycles. The van der Waals surface area contributed by atoms with Gasteiger partial charge in [-0.05, 0) is 13.0 Å². The number of hydrogen-bond donors (Lipinski definition) is 1. The van der Waals surface area contributed by atoms with Gasteiger partial charge >= 0.3 is 17.8 Å². The molecule has 116 valence electrons. The molecule has 1 atom stereocenters. The van der Waals surface area contributed by atoms with Crippen molar-refractivity contribution in [1.29, 1.82) is 0 Å². The molecule has 0 fully saturated rings. The Balaban J connectivity index is 3.06. The van der Waals surface area contributed by atoms with E-state index in [0.29, 0.717) is 0 Å². The summed E-state index contributed by atoms with van der Waals surface area (Å²) < 4.78 is 41.2. The third kappa shape index (κ3) is 4.89. The van der Waals surface area contributed by atoms with Crippen molar-refractivity contribution in [2.45, 2.75) is 25.6 Å². The predicted octanol–water partition coefficient (Wildman–Crippen LogP) is 2.53. The fourth-order valence-corrected chi connectivity index (χ4v) is 1.56. The Morgan fingerprint density at radius 2 is 2.14 bits per heavy atom. The number of alkyl halides is 3. The van der Waals surface area contributed by atoms with Crippen LogP contribution in [-0.2, 0) is 4.74 Å². The molecule has 0 aliphatic carbocycles. The average molecular weight is 307 g/mol. The molecule has 1 N–H and O–H groups in total. The fourth-order valence-electron chi connectivity index (χ4n) is 1.56. The van der Waals surface area contributed by atoms with Crippen LogP contribution < -0.4 is 5.32 Å². The maximum Gasteiger partial charge on any atom is 0.391 e. The van der Waals surface area contributed by atoms with E-state index in [4.69, 9.17) is 0 Å². The maximum atomic E-state index is 12.3. The minimum absolute atomic E-state index is 0.246. The Bertz CT molecular complexity index is 548. The third-order valence-electron chi connectivity index (χ3n) is 2.39. The monoisotopic (exact) mass is 307 g/mol. The number of pyridine rings is 1. The summed E-state index contributed by atoms with van der Waals surface area (Å²) in [6.07, 6.45) is -5.63. The molecule has 10 heteroatoms. The van der Waals surface area contributed by atoms with E-state index in [0.717, 1.165) is 19.2 Å². The number of nitro groups is 1. The molecule has 1 aromatic heterocycles. The fraction of sp³-hybridized carbons (Fsp3) is 0.455. The Morgan fingerprint density at radius 3 is 2.62 bits per heavy atom. The summed E-state index contributed by atoms with van der Waals surface area (Å²) in [7, 11) is 1.09. The molecule has 0 bridgehead atoms. The van der Waals surface area contributed by atoms with Gasteiger partial charge in [0.25, 0.3) is 0 Å². The molecule has 0 amide bonds. The number of nitrogens with zero attached hydrogens (tertiary/aromatic N) is 2. The zero-order valence-electron chi connectivity index (χ0n) is 11.1. The zero-order chi connectivity index (χ0) is 16.2. The number of carbonyl (C=O) groups excluding carboxylic acids is 1. The van der Waals surface area contributed by atoms with E-state index in [1.54, 1.807) is 0 Å². The normalized spacial score (nSPS) is 12.6. The molecular formula is C11H12F3N3O4. The van der Waals surface area contributed by atoms with Gasteiger partial charge in [0.15, 0.2) is 5.69 Å². The first-order valence-corrected chi connectivity index (χ1v) is 5.71. The highest BCUT2D eigenvalue weighted by molar-refractivity contribution is 5.88. The summed E-state index contributed by atoms with van der Waals surface area (Å²) >= 11 is 0. The molecule has 0 spiro atoms. The van der Waals surface area contributed by atoms with Gasteiger partial charge in [0.1, 0.15) is 0 Å². The van der Waals surface area contributed by atoms with E-state index in [9.17, 15) is 28.1 Å². The van der Waals surface area contributed by atoms with Gasteiger partial charge in [-0.2, -0.15) is 13.2 Å². The number of ether oxygens (including phenoxy) is 1. The van der Waals surface area contributed by atoms with Gasteiger partial charge in [-0.1, -0.05) is 0 Å². The predicted molar refractivity (Wildman–Crippen MR) is 66.0 cm³/mol. The Morgan fingerprint density at radius 1 is 1.52 bits per heavy atom. The lowest BCUT2D eigenvalue weighted by atomic mass is 10.2. The number of methoxy groups -OCH3 is 1. The molecule has 1 aromatic rings. The number of esters is 1. The number of aromatic nitrogens is 1. The van der Waals surface area contributed by atoms with Crippen LogP contribution in [0.1, 0.15) is 23.8 Å². The van der Waals surface area contributed by atoms with Crippen molar-refractivity contribution in [3.63, 3.8) is 0 Å². The van der Waals surface area contributed by atoms with Crippen LogP contribution in [0.15, 0.2) is 12.1 Å². The molecule has 0 saturated carbocycles. The molecule has 0 aliphatic heterocycles. The molecular weight excluding hydrogens is 295 g/mol. The van der Waals surface area contributed by atoms with Gasteiger partial charge in [-0.25, -0.2) is 9.78 Å².